The van der Waals surface area contributed by atoms with Crippen LogP contribution in [0.1, 0.15) is 42.6 Å². The van der Waals surface area contributed by atoms with Gasteiger partial charge in [0.25, 0.3) is 0 Å². The summed E-state index contributed by atoms with van der Waals surface area (Å²) in [5.41, 5.74) is 1.58. The van der Waals surface area contributed by atoms with Gasteiger partial charge in [0.1, 0.15) is 0 Å². The number of benzene rings is 1. The van der Waals surface area contributed by atoms with Crippen LogP contribution in [-0.2, 0) is 11.2 Å². The van der Waals surface area contributed by atoms with Gasteiger partial charge in [-0.1, -0.05) is 25.5 Å². The maximum Gasteiger partial charge on any atom is 0.340 e. The highest BCUT2D eigenvalue weighted by atomic mass is 19.1. The van der Waals surface area contributed by atoms with Crippen LogP contribution in [0.25, 0.3) is 0 Å². The lowest BCUT2D eigenvalue weighted by molar-refractivity contribution is -0.00574. The molecule has 0 fully saturated rings. The first-order valence-electron chi connectivity index (χ1n) is 5.57. The second-order valence-corrected chi connectivity index (χ2v) is 3.75. The average Bonchev–Trinajstić information content (AvgIpc) is 2.26. The first kappa shape index (κ1) is 12.7. The molecule has 0 bridgehead atoms. The summed E-state index contributed by atoms with van der Waals surface area (Å²) in [5.74, 6) is -0.614. The third-order valence-electron chi connectivity index (χ3n) is 2.28. The topological polar surface area (TPSA) is 26.3 Å². The first-order chi connectivity index (χ1) is 7.63. The van der Waals surface area contributed by atoms with Crippen molar-refractivity contribution in [3.05, 3.63) is 35.4 Å². The minimum absolute atomic E-state index is 0.393. The van der Waals surface area contributed by atoms with Crippen LogP contribution in [0.3, 0.4) is 0 Å². The van der Waals surface area contributed by atoms with Crippen molar-refractivity contribution in [3.63, 3.8) is 0 Å². The zero-order valence-electron chi connectivity index (χ0n) is 9.70. The minimum Gasteiger partial charge on any atom is -0.428 e. The molecule has 1 unspecified atom stereocenters. The van der Waals surface area contributed by atoms with E-state index in [1.165, 1.54) is 12.5 Å². The lowest BCUT2D eigenvalue weighted by Crippen LogP contribution is -2.10. The van der Waals surface area contributed by atoms with E-state index in [-0.39, 0.29) is 0 Å². The predicted molar refractivity (Wildman–Crippen MR) is 61.0 cm³/mol. The summed E-state index contributed by atoms with van der Waals surface area (Å²) in [5, 5.41) is 0. The predicted octanol–water partition coefficient (Wildman–Crippen LogP) is 3.50. The standard InChI is InChI=1S/C13H17FO2/c1-3-4-5-11-6-8-12(9-7-11)13(15)16-10(2)14/h6-10H,3-5H2,1-2H3. The summed E-state index contributed by atoms with van der Waals surface area (Å²) >= 11 is 0. The Bertz CT molecular complexity index is 330. The van der Waals surface area contributed by atoms with Gasteiger partial charge in [0.2, 0.25) is 6.36 Å². The molecule has 0 spiro atoms. The van der Waals surface area contributed by atoms with Crippen molar-refractivity contribution >= 4 is 5.97 Å². The number of carbonyl (C=O) groups is 1. The highest BCUT2D eigenvalue weighted by Crippen LogP contribution is 2.10. The Labute approximate surface area is 95.4 Å². The van der Waals surface area contributed by atoms with Gasteiger partial charge in [0, 0.05) is 6.92 Å². The summed E-state index contributed by atoms with van der Waals surface area (Å²) in [4.78, 5) is 11.3. The Morgan fingerprint density at radius 3 is 2.50 bits per heavy atom. The van der Waals surface area contributed by atoms with Crippen LogP contribution in [-0.4, -0.2) is 12.3 Å². The Kier molecular flexibility index (Phi) is 4.96. The fraction of sp³-hybridized carbons (Fsp3) is 0.462. The van der Waals surface area contributed by atoms with Gasteiger partial charge in [0.05, 0.1) is 5.56 Å². The molecule has 16 heavy (non-hydrogen) atoms. The molecule has 1 rings (SSSR count). The van der Waals surface area contributed by atoms with Gasteiger partial charge in [-0.05, 0) is 30.5 Å². The van der Waals surface area contributed by atoms with Crippen LogP contribution >= 0.6 is 0 Å². The molecule has 1 atom stereocenters. The average molecular weight is 224 g/mol. The molecule has 1 aromatic carbocycles. The number of aryl methyl sites for hydroxylation is 1. The summed E-state index contributed by atoms with van der Waals surface area (Å²) < 4.78 is 16.9. The molecule has 0 aliphatic carbocycles. The summed E-state index contributed by atoms with van der Waals surface area (Å²) in [6, 6.07) is 7.12. The normalized spacial score (nSPS) is 12.2. The second kappa shape index (κ2) is 6.26. The fourth-order valence-corrected chi connectivity index (χ4v) is 1.40. The van der Waals surface area contributed by atoms with E-state index in [0.29, 0.717) is 5.56 Å². The first-order valence-corrected chi connectivity index (χ1v) is 5.57. The largest absolute Gasteiger partial charge is 0.428 e. The van der Waals surface area contributed by atoms with E-state index in [1.54, 1.807) is 12.1 Å². The number of carbonyl (C=O) groups excluding carboxylic acids is 1. The molecule has 0 aliphatic heterocycles. The number of hydrogen-bond acceptors (Lipinski definition) is 2. The van der Waals surface area contributed by atoms with Crippen molar-refractivity contribution in [2.45, 2.75) is 39.5 Å². The fourth-order valence-electron chi connectivity index (χ4n) is 1.40. The molecule has 0 radical (unpaired) electrons. The van der Waals surface area contributed by atoms with Gasteiger partial charge in [-0.2, -0.15) is 0 Å². The Balaban J connectivity index is 2.60. The summed E-state index contributed by atoms with van der Waals surface area (Å²) in [6.07, 6.45) is 1.71. The highest BCUT2D eigenvalue weighted by Gasteiger charge is 2.10. The van der Waals surface area contributed by atoms with E-state index in [4.69, 9.17) is 0 Å². The van der Waals surface area contributed by atoms with Crippen molar-refractivity contribution in [2.24, 2.45) is 0 Å². The Hall–Kier alpha value is -1.38. The number of halogens is 1. The van der Waals surface area contributed by atoms with E-state index in [2.05, 4.69) is 11.7 Å². The molecule has 0 aliphatic rings. The summed E-state index contributed by atoms with van der Waals surface area (Å²) in [7, 11) is 0. The van der Waals surface area contributed by atoms with Crippen LogP contribution < -0.4 is 0 Å². The molecule has 0 saturated carbocycles. The van der Waals surface area contributed by atoms with Crippen LogP contribution in [0.15, 0.2) is 24.3 Å². The number of alkyl halides is 1. The van der Waals surface area contributed by atoms with Crippen molar-refractivity contribution in [2.75, 3.05) is 0 Å². The quantitative estimate of drug-likeness (QED) is 0.715. The Morgan fingerprint density at radius 2 is 2.00 bits per heavy atom. The van der Waals surface area contributed by atoms with E-state index < -0.39 is 12.3 Å². The van der Waals surface area contributed by atoms with E-state index in [0.717, 1.165) is 19.3 Å². The molecule has 0 amide bonds. The van der Waals surface area contributed by atoms with Gasteiger partial charge in [-0.25, -0.2) is 9.18 Å². The number of ether oxygens (including phenoxy) is 1. The zero-order chi connectivity index (χ0) is 12.0. The number of unbranched alkanes of at least 4 members (excludes halogenated alkanes) is 1. The molecule has 88 valence electrons. The number of rotatable bonds is 5. The molecule has 0 heterocycles. The molecule has 3 heteroatoms. The SMILES string of the molecule is CCCCc1ccc(C(=O)OC(C)F)cc1. The van der Waals surface area contributed by atoms with Crippen molar-refractivity contribution in [1.82, 2.24) is 0 Å². The maximum atomic E-state index is 12.4. The van der Waals surface area contributed by atoms with Crippen LogP contribution in [0, 0.1) is 0 Å². The van der Waals surface area contributed by atoms with E-state index in [9.17, 15) is 9.18 Å². The molecule has 2 nitrogen and oxygen atoms in total. The van der Waals surface area contributed by atoms with Crippen molar-refractivity contribution in [1.29, 1.82) is 0 Å². The molecular weight excluding hydrogens is 207 g/mol. The third kappa shape index (κ3) is 4.01. The monoisotopic (exact) mass is 224 g/mol. The van der Waals surface area contributed by atoms with E-state index >= 15 is 0 Å². The maximum absolute atomic E-state index is 12.4. The lowest BCUT2D eigenvalue weighted by atomic mass is 10.1. The van der Waals surface area contributed by atoms with Crippen LogP contribution in [0.5, 0.6) is 0 Å². The summed E-state index contributed by atoms with van der Waals surface area (Å²) in [6.45, 7) is 3.32. The zero-order valence-corrected chi connectivity index (χ0v) is 9.70. The molecule has 0 N–H and O–H groups in total. The van der Waals surface area contributed by atoms with Gasteiger partial charge in [-0.15, -0.1) is 0 Å². The van der Waals surface area contributed by atoms with Crippen LogP contribution in [0.2, 0.25) is 0 Å². The molecular formula is C13H17FO2. The van der Waals surface area contributed by atoms with Crippen molar-refractivity contribution < 1.29 is 13.9 Å². The molecule has 0 saturated heterocycles. The van der Waals surface area contributed by atoms with Crippen LogP contribution in [0.4, 0.5) is 4.39 Å². The smallest absolute Gasteiger partial charge is 0.340 e. The van der Waals surface area contributed by atoms with Gasteiger partial charge >= 0.3 is 5.97 Å². The van der Waals surface area contributed by atoms with Gasteiger partial charge < -0.3 is 4.74 Å². The minimum atomic E-state index is -1.56. The van der Waals surface area contributed by atoms with Crippen molar-refractivity contribution in [3.8, 4) is 0 Å². The Morgan fingerprint density at radius 1 is 1.38 bits per heavy atom. The number of esters is 1. The molecule has 0 aromatic heterocycles. The van der Waals surface area contributed by atoms with Gasteiger partial charge in [0.15, 0.2) is 0 Å². The highest BCUT2D eigenvalue weighted by molar-refractivity contribution is 5.89. The number of hydrogen-bond donors (Lipinski definition) is 0. The van der Waals surface area contributed by atoms with Gasteiger partial charge in [-0.3, -0.25) is 0 Å². The third-order valence-corrected chi connectivity index (χ3v) is 2.28. The molecule has 1 aromatic rings. The van der Waals surface area contributed by atoms with E-state index in [1.807, 2.05) is 12.1 Å². The lowest BCUT2D eigenvalue weighted by Gasteiger charge is -2.06. The second-order valence-electron chi connectivity index (χ2n) is 3.75.